The van der Waals surface area contributed by atoms with Crippen LogP contribution in [-0.2, 0) is 0 Å². The van der Waals surface area contributed by atoms with Gasteiger partial charge in [-0.3, -0.25) is 0 Å². The molecular weight excluding hydrogens is 961 g/mol. The van der Waals surface area contributed by atoms with Gasteiger partial charge in [-0.1, -0.05) is 152 Å². The zero-order valence-corrected chi connectivity index (χ0v) is 40.3. The Hall–Kier alpha value is -6.84. The maximum absolute atomic E-state index is 11.1. The summed E-state index contributed by atoms with van der Waals surface area (Å²) in [6.45, 7) is 0. The van der Waals surface area contributed by atoms with Gasteiger partial charge in [-0.15, -0.1) is 45.3 Å². The molecule has 0 radical (unpaired) electrons. The molecule has 7 heteroatoms. The lowest BCUT2D eigenvalue weighted by Crippen LogP contribution is -1.86. The molecule has 0 saturated heterocycles. The molecule has 67 heavy (non-hydrogen) atoms. The molecule has 2 N–H and O–H groups in total. The summed E-state index contributed by atoms with van der Waals surface area (Å²) in [6.07, 6.45) is 0. The summed E-state index contributed by atoms with van der Waals surface area (Å²) in [5.74, 6) is 0.587. The van der Waals surface area contributed by atoms with Crippen molar-refractivity contribution in [1.82, 2.24) is 0 Å². The lowest BCUT2D eigenvalue weighted by atomic mass is 9.96. The number of thiophene rings is 4. The Morgan fingerprint density at radius 2 is 0.627 bits per heavy atom. The standard InChI is InChI=1S/C30H17BrOS2.C30H18OS2/c31-25-16-17(18-9-5-10-21-19-7-1-3-13-26(19)33-29(18)21)15-24(28(25)32)23-12-6-11-22-20-8-2-4-14-27(20)34-30(22)23;31-26-16-15-18(19-9-5-10-22-20-7-1-3-13-27(20)32-29(19)22)17-25(26)24-12-6-11-23-21-8-2-4-14-28(21)33-30(23)24/h1-16,32H;1-17,31H. The third-order valence-corrected chi connectivity index (χ3v) is 18.4. The molecule has 4 aromatic heterocycles. The number of phenols is 2. The summed E-state index contributed by atoms with van der Waals surface area (Å²) < 4.78 is 10.8. The normalized spacial score (nSPS) is 11.8. The molecule has 0 aliphatic heterocycles. The average Bonchev–Trinajstić information content (AvgIpc) is 4.15. The molecule has 0 aliphatic carbocycles. The molecule has 318 valence electrons. The van der Waals surface area contributed by atoms with Gasteiger partial charge in [-0.05, 0) is 86.7 Å². The summed E-state index contributed by atoms with van der Waals surface area (Å²) >= 11 is 10.9. The van der Waals surface area contributed by atoms with Crippen LogP contribution in [0.5, 0.6) is 11.5 Å². The predicted octanol–water partition coefficient (Wildman–Crippen LogP) is 19.7. The monoisotopic (exact) mass is 994 g/mol. The highest BCUT2D eigenvalue weighted by Gasteiger charge is 2.19. The van der Waals surface area contributed by atoms with Gasteiger partial charge in [0.2, 0.25) is 0 Å². The van der Waals surface area contributed by atoms with E-state index in [1.165, 1.54) is 91.8 Å². The fourth-order valence-electron chi connectivity index (χ4n) is 9.75. The quantitative estimate of drug-likeness (QED) is 0.184. The fourth-order valence-corrected chi connectivity index (χ4v) is 15.1. The van der Waals surface area contributed by atoms with Gasteiger partial charge in [0.05, 0.1) is 4.47 Å². The van der Waals surface area contributed by atoms with Crippen molar-refractivity contribution in [2.45, 2.75) is 0 Å². The summed E-state index contributed by atoms with van der Waals surface area (Å²) in [4.78, 5) is 0. The van der Waals surface area contributed by atoms with Gasteiger partial charge in [0.25, 0.3) is 0 Å². The number of phenolic OH excluding ortho intramolecular Hbond substituents is 2. The smallest absolute Gasteiger partial charge is 0.137 e. The fraction of sp³-hybridized carbons (Fsp3) is 0. The van der Waals surface area contributed by atoms with Gasteiger partial charge in [0, 0.05) is 103 Å². The van der Waals surface area contributed by atoms with E-state index in [1.807, 2.05) is 40.9 Å². The van der Waals surface area contributed by atoms with Gasteiger partial charge in [-0.25, -0.2) is 0 Å². The van der Waals surface area contributed by atoms with Crippen LogP contribution in [0, 0.1) is 0 Å². The third-order valence-electron chi connectivity index (χ3n) is 12.9. The highest BCUT2D eigenvalue weighted by molar-refractivity contribution is 9.10. The largest absolute Gasteiger partial charge is 0.507 e. The van der Waals surface area contributed by atoms with Crippen LogP contribution >= 0.6 is 61.3 Å². The van der Waals surface area contributed by atoms with Crippen molar-refractivity contribution in [2.75, 3.05) is 0 Å². The molecule has 14 rings (SSSR count). The second kappa shape index (κ2) is 16.2. The molecule has 0 amide bonds. The van der Waals surface area contributed by atoms with Crippen LogP contribution in [-0.4, -0.2) is 10.2 Å². The van der Waals surface area contributed by atoms with Crippen molar-refractivity contribution in [1.29, 1.82) is 0 Å². The average molecular weight is 996 g/mol. The van der Waals surface area contributed by atoms with E-state index in [4.69, 9.17) is 0 Å². The maximum atomic E-state index is 11.1. The van der Waals surface area contributed by atoms with Gasteiger partial charge < -0.3 is 10.2 Å². The van der Waals surface area contributed by atoms with Crippen LogP contribution in [0.15, 0.2) is 205 Å². The second-order valence-corrected chi connectivity index (χ2v) is 21.8. The van der Waals surface area contributed by atoms with Crippen LogP contribution in [0.1, 0.15) is 0 Å². The molecular formula is C60H35BrO2S4. The first-order chi connectivity index (χ1) is 33.0. The molecule has 4 heterocycles. The summed E-state index contributed by atoms with van der Waals surface area (Å²) in [5.41, 5.74) is 8.47. The molecule has 0 saturated carbocycles. The van der Waals surface area contributed by atoms with Crippen molar-refractivity contribution in [3.8, 4) is 56.0 Å². The Morgan fingerprint density at radius 1 is 0.284 bits per heavy atom. The minimum Gasteiger partial charge on any atom is -0.507 e. The van der Waals surface area contributed by atoms with E-state index in [0.29, 0.717) is 10.2 Å². The zero-order valence-electron chi connectivity index (χ0n) is 35.5. The van der Waals surface area contributed by atoms with E-state index < -0.39 is 0 Å². The number of halogens is 1. The van der Waals surface area contributed by atoms with Crippen molar-refractivity contribution in [2.24, 2.45) is 0 Å². The van der Waals surface area contributed by atoms with E-state index in [2.05, 4.69) is 198 Å². The first-order valence-corrected chi connectivity index (χ1v) is 26.0. The number of rotatable bonds is 4. The Morgan fingerprint density at radius 3 is 1.07 bits per heavy atom. The predicted molar refractivity (Wildman–Crippen MR) is 297 cm³/mol. The molecule has 0 aliphatic rings. The number of hydrogen-bond acceptors (Lipinski definition) is 6. The molecule has 10 aromatic carbocycles. The van der Waals surface area contributed by atoms with Gasteiger partial charge in [-0.2, -0.15) is 0 Å². The van der Waals surface area contributed by atoms with Crippen LogP contribution < -0.4 is 0 Å². The van der Waals surface area contributed by atoms with E-state index in [-0.39, 0.29) is 5.75 Å². The Labute approximate surface area is 409 Å². The SMILES string of the molecule is Oc1c(Br)cc(-c2cccc3c2sc2ccccc23)cc1-c1cccc2c1sc1ccccc12.Oc1ccc(-c2cccc3c2sc2ccccc23)cc1-c1cccc2c1sc1ccccc12. The Balaban J connectivity index is 0.000000133. The molecule has 14 aromatic rings. The van der Waals surface area contributed by atoms with Gasteiger partial charge >= 0.3 is 0 Å². The maximum Gasteiger partial charge on any atom is 0.137 e. The summed E-state index contributed by atoms with van der Waals surface area (Å²) in [6, 6.07) is 70.2. The minimum absolute atomic E-state index is 0.275. The second-order valence-electron chi connectivity index (χ2n) is 16.7. The Kier molecular flexibility index (Phi) is 9.77. The van der Waals surface area contributed by atoms with Crippen molar-refractivity contribution in [3.05, 3.63) is 205 Å². The number of benzene rings is 10. The lowest BCUT2D eigenvalue weighted by Gasteiger charge is -2.12. The van der Waals surface area contributed by atoms with Gasteiger partial charge in [0.1, 0.15) is 11.5 Å². The van der Waals surface area contributed by atoms with Crippen LogP contribution in [0.2, 0.25) is 0 Å². The first-order valence-electron chi connectivity index (χ1n) is 21.9. The molecule has 0 unspecified atom stereocenters. The zero-order chi connectivity index (χ0) is 44.8. The summed E-state index contributed by atoms with van der Waals surface area (Å²) in [7, 11) is 0. The first kappa shape index (κ1) is 40.4. The van der Waals surface area contributed by atoms with E-state index >= 15 is 0 Å². The lowest BCUT2D eigenvalue weighted by molar-refractivity contribution is 0.474. The topological polar surface area (TPSA) is 40.5 Å². The molecule has 0 spiro atoms. The number of aromatic hydroxyl groups is 2. The Bertz CT molecular complexity index is 4280. The summed E-state index contributed by atoms with van der Waals surface area (Å²) in [5, 5.41) is 32.2. The number of hydrogen-bond donors (Lipinski definition) is 2. The molecule has 0 atom stereocenters. The van der Waals surface area contributed by atoms with E-state index in [9.17, 15) is 10.2 Å². The molecule has 0 bridgehead atoms. The number of fused-ring (bicyclic) bond motifs is 12. The highest BCUT2D eigenvalue weighted by Crippen LogP contribution is 2.49. The third kappa shape index (κ3) is 6.68. The van der Waals surface area contributed by atoms with Crippen LogP contribution in [0.25, 0.3) is 125 Å². The molecule has 0 fully saturated rings. The van der Waals surface area contributed by atoms with Crippen molar-refractivity contribution in [3.63, 3.8) is 0 Å². The van der Waals surface area contributed by atoms with E-state index in [0.717, 1.165) is 33.4 Å². The van der Waals surface area contributed by atoms with Crippen LogP contribution in [0.4, 0.5) is 0 Å². The highest BCUT2D eigenvalue weighted by atomic mass is 79.9. The van der Waals surface area contributed by atoms with Crippen molar-refractivity contribution >= 4 is 142 Å². The minimum atomic E-state index is 0.275. The van der Waals surface area contributed by atoms with Crippen molar-refractivity contribution < 1.29 is 10.2 Å². The van der Waals surface area contributed by atoms with E-state index in [1.54, 1.807) is 22.7 Å². The molecule has 2 nitrogen and oxygen atoms in total. The van der Waals surface area contributed by atoms with Crippen LogP contribution in [0.3, 0.4) is 0 Å². The van der Waals surface area contributed by atoms with Gasteiger partial charge in [0.15, 0.2) is 0 Å².